The van der Waals surface area contributed by atoms with E-state index in [1.165, 1.54) is 17.7 Å². The molecule has 0 saturated heterocycles. The first-order chi connectivity index (χ1) is 16.6. The molecule has 4 aromatic rings. The lowest BCUT2D eigenvalue weighted by Crippen LogP contribution is -2.25. The molecule has 0 saturated carbocycles. The van der Waals surface area contributed by atoms with Crippen molar-refractivity contribution in [1.29, 1.82) is 0 Å². The fourth-order valence-corrected chi connectivity index (χ4v) is 4.98. The van der Waals surface area contributed by atoms with Crippen LogP contribution < -0.4 is 10.6 Å². The standard InChI is InChI=1S/C27H26FN5O/c1-2-17-8-9-19-15-24(33(23(19)14-17)16-18-5-3-6-20(28)13-18)27(34)31-22-10-12-32-25-21(30-26(22)32)7-4-11-29-25/h3,5-6,8-10,13-15,29H,2,4,7,11-12,16H2,1H3,(H,31,34). The van der Waals surface area contributed by atoms with Crippen LogP contribution in [0, 0.1) is 5.82 Å². The van der Waals surface area contributed by atoms with Crippen LogP contribution in [0.25, 0.3) is 16.6 Å². The third-order valence-electron chi connectivity index (χ3n) is 6.73. The molecular weight excluding hydrogens is 429 g/mol. The van der Waals surface area contributed by atoms with Gasteiger partial charge in [0.25, 0.3) is 5.91 Å². The van der Waals surface area contributed by atoms with Crippen LogP contribution in [0.4, 0.5) is 10.2 Å². The SMILES string of the molecule is CCc1ccc2cc(C(=O)NC3=CCn4c3nc3c4NCCC3)n(Cc3cccc(F)c3)c2c1. The molecule has 34 heavy (non-hydrogen) atoms. The van der Waals surface area contributed by atoms with E-state index in [0.717, 1.165) is 65.3 Å². The number of amides is 1. The summed E-state index contributed by atoms with van der Waals surface area (Å²) >= 11 is 0. The average Bonchev–Trinajstić information content (AvgIpc) is 3.52. The molecule has 2 aromatic carbocycles. The number of allylic oxidation sites excluding steroid dienone is 1. The monoisotopic (exact) mass is 455 g/mol. The molecule has 172 valence electrons. The Morgan fingerprint density at radius 2 is 2.09 bits per heavy atom. The van der Waals surface area contributed by atoms with Gasteiger partial charge in [-0.05, 0) is 60.7 Å². The van der Waals surface area contributed by atoms with E-state index in [0.29, 0.717) is 18.8 Å². The first-order valence-corrected chi connectivity index (χ1v) is 11.8. The van der Waals surface area contributed by atoms with Crippen molar-refractivity contribution in [2.24, 2.45) is 0 Å². The minimum atomic E-state index is -0.283. The second-order valence-electron chi connectivity index (χ2n) is 8.94. The van der Waals surface area contributed by atoms with Crippen molar-refractivity contribution in [1.82, 2.24) is 19.4 Å². The van der Waals surface area contributed by atoms with Gasteiger partial charge in [-0.1, -0.05) is 31.2 Å². The summed E-state index contributed by atoms with van der Waals surface area (Å²) in [5.41, 5.74) is 5.31. The highest BCUT2D eigenvalue weighted by molar-refractivity contribution is 6.02. The molecule has 1 amide bonds. The molecule has 2 aliphatic rings. The fourth-order valence-electron chi connectivity index (χ4n) is 4.98. The number of aromatic nitrogens is 3. The van der Waals surface area contributed by atoms with Crippen LogP contribution in [0.1, 0.15) is 46.5 Å². The van der Waals surface area contributed by atoms with Crippen molar-refractivity contribution in [2.45, 2.75) is 39.3 Å². The summed E-state index contributed by atoms with van der Waals surface area (Å²) in [6.07, 6.45) is 4.92. The van der Waals surface area contributed by atoms with Gasteiger partial charge in [0.1, 0.15) is 17.3 Å². The van der Waals surface area contributed by atoms with Gasteiger partial charge < -0.3 is 19.8 Å². The number of nitrogens with one attached hydrogen (secondary N) is 2. The van der Waals surface area contributed by atoms with E-state index >= 15 is 0 Å². The van der Waals surface area contributed by atoms with Gasteiger partial charge in [0, 0.05) is 30.5 Å². The van der Waals surface area contributed by atoms with Gasteiger partial charge in [0.2, 0.25) is 0 Å². The van der Waals surface area contributed by atoms with E-state index in [1.807, 2.05) is 28.8 Å². The molecule has 0 fully saturated rings. The number of aryl methyl sites for hydroxylation is 2. The molecule has 0 unspecified atom stereocenters. The topological polar surface area (TPSA) is 63.9 Å². The molecule has 6 rings (SSSR count). The van der Waals surface area contributed by atoms with Crippen LogP contribution in [0.3, 0.4) is 0 Å². The van der Waals surface area contributed by atoms with E-state index in [4.69, 9.17) is 4.98 Å². The summed E-state index contributed by atoms with van der Waals surface area (Å²) in [5.74, 6) is 1.39. The van der Waals surface area contributed by atoms with Crippen molar-refractivity contribution in [3.05, 3.63) is 88.8 Å². The van der Waals surface area contributed by atoms with Crippen LogP contribution in [0.15, 0.2) is 54.6 Å². The Kier molecular flexibility index (Phi) is 4.98. The Bertz CT molecular complexity index is 1460. The Morgan fingerprint density at radius 1 is 1.18 bits per heavy atom. The Morgan fingerprint density at radius 3 is 2.94 bits per heavy atom. The van der Waals surface area contributed by atoms with E-state index in [1.54, 1.807) is 6.07 Å². The summed E-state index contributed by atoms with van der Waals surface area (Å²) in [4.78, 5) is 18.3. The van der Waals surface area contributed by atoms with Crippen LogP contribution in [0.5, 0.6) is 0 Å². The lowest BCUT2D eigenvalue weighted by Gasteiger charge is -2.14. The molecule has 7 heteroatoms. The normalized spacial score (nSPS) is 14.5. The molecular formula is C27H26FN5O. The number of fused-ring (bicyclic) bond motifs is 4. The van der Waals surface area contributed by atoms with Gasteiger partial charge in [-0.25, -0.2) is 9.37 Å². The second kappa shape index (κ2) is 8.17. The Hall–Kier alpha value is -3.87. The molecule has 2 aromatic heterocycles. The van der Waals surface area contributed by atoms with E-state index < -0.39 is 0 Å². The van der Waals surface area contributed by atoms with Crippen LogP contribution in [-0.4, -0.2) is 26.6 Å². The summed E-state index contributed by atoms with van der Waals surface area (Å²) in [5, 5.41) is 7.53. The lowest BCUT2D eigenvalue weighted by molar-refractivity contribution is 0.0965. The third-order valence-corrected chi connectivity index (χ3v) is 6.73. The van der Waals surface area contributed by atoms with Gasteiger partial charge in [-0.2, -0.15) is 0 Å². The van der Waals surface area contributed by atoms with Crippen molar-refractivity contribution in [3.63, 3.8) is 0 Å². The van der Waals surface area contributed by atoms with Gasteiger partial charge >= 0.3 is 0 Å². The Labute approximate surface area is 197 Å². The van der Waals surface area contributed by atoms with Crippen molar-refractivity contribution < 1.29 is 9.18 Å². The van der Waals surface area contributed by atoms with Crippen LogP contribution in [0.2, 0.25) is 0 Å². The van der Waals surface area contributed by atoms with Gasteiger partial charge in [0.05, 0.1) is 11.4 Å². The fraction of sp³-hybridized carbons (Fsp3) is 0.259. The van der Waals surface area contributed by atoms with Gasteiger partial charge in [0.15, 0.2) is 5.82 Å². The van der Waals surface area contributed by atoms with E-state index in [-0.39, 0.29) is 11.7 Å². The molecule has 0 spiro atoms. The number of hydrogen-bond donors (Lipinski definition) is 2. The van der Waals surface area contributed by atoms with Crippen molar-refractivity contribution in [2.75, 3.05) is 11.9 Å². The smallest absolute Gasteiger partial charge is 0.272 e. The molecule has 0 bridgehead atoms. The number of carbonyl (C=O) groups excluding carboxylic acids is 1. The number of carbonyl (C=O) groups is 1. The molecule has 2 N–H and O–H groups in total. The summed E-state index contributed by atoms with van der Waals surface area (Å²) < 4.78 is 18.0. The first-order valence-electron chi connectivity index (χ1n) is 11.8. The number of halogens is 1. The minimum Gasteiger partial charge on any atom is -0.370 e. The quantitative estimate of drug-likeness (QED) is 0.457. The molecule has 6 nitrogen and oxygen atoms in total. The summed E-state index contributed by atoms with van der Waals surface area (Å²) in [6, 6.07) is 14.7. The number of benzene rings is 2. The maximum absolute atomic E-state index is 13.9. The number of imidazole rings is 1. The molecule has 4 heterocycles. The van der Waals surface area contributed by atoms with Crippen LogP contribution >= 0.6 is 0 Å². The average molecular weight is 456 g/mol. The van der Waals surface area contributed by atoms with Crippen molar-refractivity contribution in [3.8, 4) is 0 Å². The van der Waals surface area contributed by atoms with Gasteiger partial charge in [-0.15, -0.1) is 0 Å². The molecule has 0 radical (unpaired) electrons. The van der Waals surface area contributed by atoms with Crippen molar-refractivity contribution >= 4 is 28.3 Å². The third kappa shape index (κ3) is 3.48. The highest BCUT2D eigenvalue weighted by Gasteiger charge is 2.27. The zero-order valence-corrected chi connectivity index (χ0v) is 19.1. The lowest BCUT2D eigenvalue weighted by atomic mass is 10.1. The molecule has 0 atom stereocenters. The van der Waals surface area contributed by atoms with E-state index in [9.17, 15) is 9.18 Å². The first kappa shape index (κ1) is 20.7. The predicted octanol–water partition coefficient (Wildman–Crippen LogP) is 4.73. The number of rotatable bonds is 5. The summed E-state index contributed by atoms with van der Waals surface area (Å²) in [7, 11) is 0. The highest BCUT2D eigenvalue weighted by Crippen LogP contribution is 2.30. The zero-order chi connectivity index (χ0) is 23.2. The highest BCUT2D eigenvalue weighted by atomic mass is 19.1. The maximum atomic E-state index is 13.9. The number of nitrogens with zero attached hydrogens (tertiary/aromatic N) is 3. The molecule has 2 aliphatic heterocycles. The maximum Gasteiger partial charge on any atom is 0.272 e. The largest absolute Gasteiger partial charge is 0.370 e. The zero-order valence-electron chi connectivity index (χ0n) is 19.1. The summed E-state index contributed by atoms with van der Waals surface area (Å²) in [6.45, 7) is 4.15. The predicted molar refractivity (Wildman–Crippen MR) is 131 cm³/mol. The Balaban J connectivity index is 1.36. The second-order valence-corrected chi connectivity index (χ2v) is 8.94. The minimum absolute atomic E-state index is 0.195. The molecule has 0 aliphatic carbocycles. The van der Waals surface area contributed by atoms with Crippen LogP contribution in [-0.2, 0) is 25.9 Å². The van der Waals surface area contributed by atoms with Gasteiger partial charge in [-0.3, -0.25) is 4.79 Å². The number of anilines is 1. The number of hydrogen-bond acceptors (Lipinski definition) is 3. The van der Waals surface area contributed by atoms with E-state index in [2.05, 4.69) is 34.3 Å².